The molecular formula is C14H10ClNOS. The minimum absolute atomic E-state index is 0.00441. The molecule has 0 bridgehead atoms. The second-order valence-corrected chi connectivity index (χ2v) is 5.31. The van der Waals surface area contributed by atoms with E-state index in [0.29, 0.717) is 5.56 Å². The van der Waals surface area contributed by atoms with Crippen molar-refractivity contribution < 1.29 is 4.79 Å². The summed E-state index contributed by atoms with van der Waals surface area (Å²) >= 11 is 7.31. The van der Waals surface area contributed by atoms with Gasteiger partial charge in [0.05, 0.1) is 17.3 Å². The van der Waals surface area contributed by atoms with E-state index in [2.05, 4.69) is 11.4 Å². The molecule has 0 aromatic heterocycles. The zero-order valence-electron chi connectivity index (χ0n) is 9.44. The second-order valence-electron chi connectivity index (χ2n) is 3.96. The molecule has 0 aliphatic carbocycles. The zero-order valence-corrected chi connectivity index (χ0v) is 11.0. The van der Waals surface area contributed by atoms with Crippen molar-refractivity contribution in [3.8, 4) is 0 Å². The van der Waals surface area contributed by atoms with Crippen LogP contribution < -0.4 is 5.32 Å². The van der Waals surface area contributed by atoms with Gasteiger partial charge in [0.2, 0.25) is 0 Å². The molecule has 0 saturated carbocycles. The fourth-order valence-electron chi connectivity index (χ4n) is 1.96. The molecule has 0 radical (unpaired) electrons. The van der Waals surface area contributed by atoms with Crippen LogP contribution in [0.4, 0.5) is 11.4 Å². The molecule has 0 saturated heterocycles. The SMILES string of the molecule is O=C(CCl)c1cccc2c1Nc1ccccc1S2. The van der Waals surface area contributed by atoms with Gasteiger partial charge in [0, 0.05) is 15.4 Å². The lowest BCUT2D eigenvalue weighted by Crippen LogP contribution is -2.08. The predicted octanol–water partition coefficient (Wildman–Crippen LogP) is 4.32. The zero-order chi connectivity index (χ0) is 12.5. The third-order valence-electron chi connectivity index (χ3n) is 2.81. The Hall–Kier alpha value is -1.45. The lowest BCUT2D eigenvalue weighted by Gasteiger charge is -2.22. The summed E-state index contributed by atoms with van der Waals surface area (Å²) in [4.78, 5) is 14.0. The molecule has 90 valence electrons. The van der Waals surface area contributed by atoms with Crippen LogP contribution in [0, 0.1) is 0 Å². The molecule has 1 N–H and O–H groups in total. The number of Topliss-reactive ketones (excluding diaryl/α,β-unsaturated/α-hetero) is 1. The Morgan fingerprint density at radius 3 is 2.72 bits per heavy atom. The monoisotopic (exact) mass is 275 g/mol. The van der Waals surface area contributed by atoms with E-state index < -0.39 is 0 Å². The number of rotatable bonds is 2. The predicted molar refractivity (Wildman–Crippen MR) is 75.3 cm³/mol. The average Bonchev–Trinajstić information content (AvgIpc) is 2.43. The van der Waals surface area contributed by atoms with Gasteiger partial charge in [-0.2, -0.15) is 0 Å². The van der Waals surface area contributed by atoms with Crippen molar-refractivity contribution in [2.45, 2.75) is 9.79 Å². The minimum atomic E-state index is -0.0546. The number of benzene rings is 2. The van der Waals surface area contributed by atoms with Gasteiger partial charge < -0.3 is 5.32 Å². The highest BCUT2D eigenvalue weighted by Crippen LogP contribution is 2.45. The van der Waals surface area contributed by atoms with Crippen LogP contribution in [0.1, 0.15) is 10.4 Å². The molecule has 2 aromatic rings. The average molecular weight is 276 g/mol. The van der Waals surface area contributed by atoms with Gasteiger partial charge in [-0.1, -0.05) is 30.0 Å². The molecule has 1 aliphatic rings. The van der Waals surface area contributed by atoms with Crippen molar-refractivity contribution in [3.63, 3.8) is 0 Å². The van der Waals surface area contributed by atoms with E-state index in [-0.39, 0.29) is 11.7 Å². The molecule has 0 atom stereocenters. The van der Waals surface area contributed by atoms with Gasteiger partial charge >= 0.3 is 0 Å². The number of fused-ring (bicyclic) bond motifs is 2. The van der Waals surface area contributed by atoms with E-state index in [1.54, 1.807) is 11.8 Å². The molecule has 4 heteroatoms. The van der Waals surface area contributed by atoms with E-state index in [9.17, 15) is 4.79 Å². The number of alkyl halides is 1. The Bertz CT molecular complexity index is 627. The molecule has 0 unspecified atom stereocenters. The van der Waals surface area contributed by atoms with Crippen LogP contribution in [0.5, 0.6) is 0 Å². The Labute approximate surface area is 114 Å². The molecule has 3 rings (SSSR count). The Kier molecular flexibility index (Phi) is 3.02. The largest absolute Gasteiger partial charge is 0.353 e. The standard InChI is InChI=1S/C14H10ClNOS/c15-8-11(17)9-4-3-7-13-14(9)16-10-5-1-2-6-12(10)18-13/h1-7,16H,8H2. The van der Waals surface area contributed by atoms with Crippen molar-refractivity contribution in [1.82, 2.24) is 0 Å². The van der Waals surface area contributed by atoms with E-state index >= 15 is 0 Å². The first-order valence-corrected chi connectivity index (χ1v) is 6.91. The highest BCUT2D eigenvalue weighted by atomic mass is 35.5. The maximum Gasteiger partial charge on any atom is 0.179 e. The molecule has 2 aromatic carbocycles. The lowest BCUT2D eigenvalue weighted by molar-refractivity contribution is 0.102. The molecule has 0 spiro atoms. The smallest absolute Gasteiger partial charge is 0.179 e. The summed E-state index contributed by atoms with van der Waals surface area (Å²) in [5, 5.41) is 3.32. The van der Waals surface area contributed by atoms with Crippen molar-refractivity contribution in [2.24, 2.45) is 0 Å². The maximum absolute atomic E-state index is 11.8. The van der Waals surface area contributed by atoms with Gasteiger partial charge in [0.25, 0.3) is 0 Å². The molecule has 1 aliphatic heterocycles. The molecule has 0 amide bonds. The fourth-order valence-corrected chi connectivity index (χ4v) is 3.13. The fraction of sp³-hybridized carbons (Fsp3) is 0.0714. The summed E-state index contributed by atoms with van der Waals surface area (Å²) < 4.78 is 0. The lowest BCUT2D eigenvalue weighted by atomic mass is 10.1. The first-order chi connectivity index (χ1) is 8.79. The van der Waals surface area contributed by atoms with Crippen molar-refractivity contribution >= 4 is 40.5 Å². The van der Waals surface area contributed by atoms with Gasteiger partial charge in [0.15, 0.2) is 5.78 Å². The maximum atomic E-state index is 11.8. The Morgan fingerprint density at radius 1 is 1.11 bits per heavy atom. The summed E-state index contributed by atoms with van der Waals surface area (Å²) in [6, 6.07) is 13.8. The molecule has 2 nitrogen and oxygen atoms in total. The molecule has 1 heterocycles. The van der Waals surface area contributed by atoms with Crippen LogP contribution in [0.3, 0.4) is 0 Å². The van der Waals surface area contributed by atoms with Gasteiger partial charge in [-0.15, -0.1) is 11.6 Å². The number of carbonyl (C=O) groups excluding carboxylic acids is 1. The van der Waals surface area contributed by atoms with Crippen LogP contribution in [0.25, 0.3) is 0 Å². The van der Waals surface area contributed by atoms with Crippen molar-refractivity contribution in [2.75, 3.05) is 11.2 Å². The number of ketones is 1. The third kappa shape index (κ3) is 1.89. The Morgan fingerprint density at radius 2 is 1.89 bits per heavy atom. The number of carbonyl (C=O) groups is 1. The normalized spacial score (nSPS) is 12.3. The number of para-hydroxylation sites is 2. The van der Waals surface area contributed by atoms with E-state index in [0.717, 1.165) is 16.3 Å². The van der Waals surface area contributed by atoms with E-state index in [1.165, 1.54) is 4.90 Å². The summed E-state index contributed by atoms with van der Waals surface area (Å²) in [6.45, 7) is 0. The first kappa shape index (κ1) is 11.6. The number of hydrogen-bond acceptors (Lipinski definition) is 3. The summed E-state index contributed by atoms with van der Waals surface area (Å²) in [5.74, 6) is -0.0502. The summed E-state index contributed by atoms with van der Waals surface area (Å²) in [5.41, 5.74) is 2.56. The van der Waals surface area contributed by atoms with Crippen LogP contribution in [-0.4, -0.2) is 11.7 Å². The van der Waals surface area contributed by atoms with Crippen LogP contribution in [0.15, 0.2) is 52.3 Å². The Balaban J connectivity index is 2.10. The van der Waals surface area contributed by atoms with Gasteiger partial charge in [-0.25, -0.2) is 0 Å². The number of anilines is 2. The second kappa shape index (κ2) is 4.67. The number of nitrogens with one attached hydrogen (secondary N) is 1. The van der Waals surface area contributed by atoms with E-state index in [1.807, 2.05) is 36.4 Å². The van der Waals surface area contributed by atoms with Crippen molar-refractivity contribution in [1.29, 1.82) is 0 Å². The van der Waals surface area contributed by atoms with Gasteiger partial charge in [-0.05, 0) is 24.3 Å². The first-order valence-electron chi connectivity index (χ1n) is 5.55. The quantitative estimate of drug-likeness (QED) is 0.558. The molecule has 18 heavy (non-hydrogen) atoms. The molecular weight excluding hydrogens is 266 g/mol. The number of halogens is 1. The van der Waals surface area contributed by atoms with Crippen LogP contribution >= 0.6 is 23.4 Å². The highest BCUT2D eigenvalue weighted by molar-refractivity contribution is 7.99. The van der Waals surface area contributed by atoms with Gasteiger partial charge in [-0.3, -0.25) is 4.79 Å². The summed E-state index contributed by atoms with van der Waals surface area (Å²) in [7, 11) is 0. The van der Waals surface area contributed by atoms with E-state index in [4.69, 9.17) is 11.6 Å². The van der Waals surface area contributed by atoms with Crippen molar-refractivity contribution in [3.05, 3.63) is 48.0 Å². The van der Waals surface area contributed by atoms with Crippen LogP contribution in [-0.2, 0) is 0 Å². The summed E-state index contributed by atoms with van der Waals surface area (Å²) in [6.07, 6.45) is 0. The number of hydrogen-bond donors (Lipinski definition) is 1. The highest BCUT2D eigenvalue weighted by Gasteiger charge is 2.20. The van der Waals surface area contributed by atoms with Gasteiger partial charge in [0.1, 0.15) is 0 Å². The third-order valence-corrected chi connectivity index (χ3v) is 4.19. The van der Waals surface area contributed by atoms with Crippen LogP contribution in [0.2, 0.25) is 0 Å². The minimum Gasteiger partial charge on any atom is -0.353 e. The topological polar surface area (TPSA) is 29.1 Å². The molecule has 0 fully saturated rings.